The Morgan fingerprint density at radius 3 is 1.15 bits per heavy atom. The number of nitrogens with one attached hydrogen (secondary N) is 4. The van der Waals surface area contributed by atoms with E-state index in [1.54, 1.807) is 95.3 Å². The maximum Gasteiger partial charge on any atom is 0.364 e. The molecule has 6 amide bonds. The zero-order valence-electron chi connectivity index (χ0n) is 48.0. The van der Waals surface area contributed by atoms with Gasteiger partial charge in [-0.1, -0.05) is 123 Å². The monoisotopic (exact) mass is 1140 g/mol. The largest absolute Gasteiger partial charge is 0.364 e. The number of alkyl halides is 4. The smallest absolute Gasteiger partial charge is 0.344 e. The predicted molar refractivity (Wildman–Crippen MR) is 291 cm³/mol. The van der Waals surface area contributed by atoms with Crippen LogP contribution in [0.5, 0.6) is 0 Å². The zero-order valence-corrected chi connectivity index (χ0v) is 48.0. The second-order valence-electron chi connectivity index (χ2n) is 22.1. The van der Waals surface area contributed by atoms with E-state index in [0.717, 1.165) is 0 Å². The number of carbonyl (C=O) groups is 12. The fraction of sp³-hybridized carbons (Fsp3) is 0.593. The number of nitrogens with zero attached hydrogens (tertiary/aromatic N) is 2. The van der Waals surface area contributed by atoms with Gasteiger partial charge in [-0.2, -0.15) is 17.6 Å². The first kappa shape index (κ1) is 68.3. The molecule has 4 N–H and O–H groups in total. The third-order valence-corrected chi connectivity index (χ3v) is 14.1. The lowest BCUT2D eigenvalue weighted by molar-refractivity contribution is -0.160. The van der Waals surface area contributed by atoms with Gasteiger partial charge >= 0.3 is 11.8 Å². The molecule has 81 heavy (non-hydrogen) atoms. The molecule has 4 rings (SSSR count). The average Bonchev–Trinajstić information content (AvgIpc) is 4.22. The lowest BCUT2D eigenvalue weighted by Gasteiger charge is -2.32. The van der Waals surface area contributed by atoms with Gasteiger partial charge in [0.2, 0.25) is 58.6 Å². The molecule has 0 aliphatic carbocycles. The highest BCUT2D eigenvalue weighted by Crippen LogP contribution is 2.28. The predicted octanol–water partition coefficient (Wildman–Crippen LogP) is 5.68. The summed E-state index contributed by atoms with van der Waals surface area (Å²) in [6.45, 7) is 16.0. The molecule has 6 atom stereocenters. The van der Waals surface area contributed by atoms with E-state index in [0.29, 0.717) is 24.0 Å². The molecule has 2 aliphatic rings. The van der Waals surface area contributed by atoms with Crippen molar-refractivity contribution < 1.29 is 75.1 Å². The summed E-state index contributed by atoms with van der Waals surface area (Å²) in [5, 5.41) is 9.86. The molecule has 2 fully saturated rings. The normalized spacial score (nSPS) is 16.9. The van der Waals surface area contributed by atoms with E-state index in [1.165, 1.54) is 44.4 Å². The van der Waals surface area contributed by atoms with E-state index in [1.807, 2.05) is 0 Å². The summed E-state index contributed by atoms with van der Waals surface area (Å²) in [5.74, 6) is -21.8. The van der Waals surface area contributed by atoms with E-state index in [2.05, 4.69) is 21.3 Å². The van der Waals surface area contributed by atoms with Crippen LogP contribution in [0.1, 0.15) is 138 Å². The van der Waals surface area contributed by atoms with E-state index in [9.17, 15) is 66.3 Å². The Kier molecular flexibility index (Phi) is 26.4. The third-order valence-electron chi connectivity index (χ3n) is 14.1. The van der Waals surface area contributed by atoms with Crippen molar-refractivity contribution in [2.24, 2.45) is 23.7 Å². The Balaban J connectivity index is 0.000000425. The number of Topliss-reactive ketones (excluding diaryl/α,β-unsaturated/α-hetero) is 6. The number of ketones is 6. The summed E-state index contributed by atoms with van der Waals surface area (Å²) in [6.07, 6.45) is -0.224. The van der Waals surface area contributed by atoms with Crippen molar-refractivity contribution in [3.05, 3.63) is 71.8 Å². The van der Waals surface area contributed by atoms with Crippen molar-refractivity contribution in [1.82, 2.24) is 31.1 Å². The third kappa shape index (κ3) is 19.6. The lowest BCUT2D eigenvalue weighted by Crippen LogP contribution is -2.59. The van der Waals surface area contributed by atoms with Crippen molar-refractivity contribution in [2.45, 2.75) is 188 Å². The molecule has 2 aromatic carbocycles. The van der Waals surface area contributed by atoms with Crippen molar-refractivity contribution in [3.63, 3.8) is 0 Å². The fourth-order valence-electron chi connectivity index (χ4n) is 9.32. The molecule has 2 aliphatic heterocycles. The molecule has 0 aromatic heterocycles. The molecule has 0 bridgehead atoms. The SMILES string of the molecule is CC(=O)CC(=O)N[C@H](C(=O)N1CCCC1C(=O)N[C@H](C(=O)C(F)(F)C(=O)CCc1ccccc1)C(C)C)C(C)C.CCC(=O)CC(=O)N[C@H](C(=O)N1CCCC1C(=O)N[C@H](C(=O)C(F)(F)C(=O)CCc1ccccc1)C(C)C)C(C)C. The van der Waals surface area contributed by atoms with Gasteiger partial charge in [-0.25, -0.2) is 0 Å². The lowest BCUT2D eigenvalue weighted by atomic mass is 9.91. The topological polar surface area (TPSA) is 259 Å². The Labute approximate surface area is 471 Å². The molecule has 446 valence electrons. The number of aryl methyl sites for hydroxylation is 2. The molecular weight excluding hydrogens is 1060 g/mol. The maximum atomic E-state index is 15.0. The van der Waals surface area contributed by atoms with Crippen molar-refractivity contribution >= 4 is 70.1 Å². The number of hydrogen-bond acceptors (Lipinski definition) is 12. The number of halogens is 4. The van der Waals surface area contributed by atoms with Gasteiger partial charge in [0.05, 0.1) is 24.9 Å². The van der Waals surface area contributed by atoms with Crippen LogP contribution in [-0.4, -0.2) is 141 Å². The van der Waals surface area contributed by atoms with E-state index in [-0.39, 0.29) is 75.0 Å². The quantitative estimate of drug-likeness (QED) is 0.0567. The van der Waals surface area contributed by atoms with Crippen molar-refractivity contribution in [2.75, 3.05) is 13.1 Å². The summed E-state index contributed by atoms with van der Waals surface area (Å²) in [4.78, 5) is 154. The van der Waals surface area contributed by atoms with Crippen LogP contribution in [0.2, 0.25) is 0 Å². The van der Waals surface area contributed by atoms with Gasteiger partial charge in [-0.15, -0.1) is 0 Å². The Hall–Kier alpha value is -7.00. The first-order valence-corrected chi connectivity index (χ1v) is 27.7. The van der Waals surface area contributed by atoms with Gasteiger partial charge < -0.3 is 31.1 Å². The minimum Gasteiger partial charge on any atom is -0.344 e. The highest BCUT2D eigenvalue weighted by Gasteiger charge is 2.52. The van der Waals surface area contributed by atoms with Gasteiger partial charge in [0.15, 0.2) is 0 Å². The van der Waals surface area contributed by atoms with Gasteiger partial charge in [0.25, 0.3) is 0 Å². The number of rotatable bonds is 29. The molecular formula is C59H80F4N6O12. The van der Waals surface area contributed by atoms with E-state index < -0.39 is 138 Å². The first-order valence-electron chi connectivity index (χ1n) is 27.7. The van der Waals surface area contributed by atoms with E-state index in [4.69, 9.17) is 0 Å². The summed E-state index contributed by atoms with van der Waals surface area (Å²) < 4.78 is 60.0. The van der Waals surface area contributed by atoms with Crippen molar-refractivity contribution in [1.29, 1.82) is 0 Å². The Bertz CT molecular complexity index is 2580. The number of benzene rings is 2. The number of likely N-dealkylation sites (tertiary alicyclic amines) is 2. The summed E-state index contributed by atoms with van der Waals surface area (Å²) in [5.41, 5.74) is 1.35. The second kappa shape index (κ2) is 31.3. The van der Waals surface area contributed by atoms with Crippen LogP contribution < -0.4 is 21.3 Å². The second-order valence-corrected chi connectivity index (χ2v) is 22.1. The fourth-order valence-corrected chi connectivity index (χ4v) is 9.32. The van der Waals surface area contributed by atoms with Gasteiger partial charge in [-0.3, -0.25) is 57.5 Å². The van der Waals surface area contributed by atoms with Crippen LogP contribution in [0.15, 0.2) is 60.7 Å². The van der Waals surface area contributed by atoms with Crippen LogP contribution >= 0.6 is 0 Å². The zero-order chi connectivity index (χ0) is 61.1. The first-order chi connectivity index (χ1) is 37.9. The molecule has 18 nitrogen and oxygen atoms in total. The van der Waals surface area contributed by atoms with Gasteiger partial charge in [0.1, 0.15) is 35.7 Å². The Morgan fingerprint density at radius 2 is 0.840 bits per heavy atom. The molecule has 22 heteroatoms. The highest BCUT2D eigenvalue weighted by atomic mass is 19.3. The standard InChI is InChI=1S/C30H41F2N3O6.C29H39F2N3O6/c1-6-21(36)17-24(38)33-26(19(4)5)29(41)35-16-10-13-22(35)28(40)34-25(18(2)3)27(39)30(31,32)23(37)15-14-20-11-8-7-9-12-20;1-17(2)24(26(38)29(30,31)22(36)14-13-20-10-7-6-8-11-20)33-27(39)21-12-9-15-34(21)28(40)25(18(3)4)32-23(37)16-19(5)35/h7-9,11-12,18-19,22,25-26H,6,10,13-17H2,1-5H3,(H,33,38)(H,34,40);6-8,10-11,17-18,21,24-25H,9,12-16H2,1-5H3,(H,32,37)(H,33,39)/t22?,25-,26-;21?,24-,25-/m00/s1. The molecule has 0 radical (unpaired) electrons. The Morgan fingerprint density at radius 1 is 0.506 bits per heavy atom. The van der Waals surface area contributed by atoms with Crippen LogP contribution in [-0.2, 0) is 70.4 Å². The number of hydrogen-bond donors (Lipinski definition) is 4. The minimum atomic E-state index is -4.30. The molecule has 2 aromatic rings. The van der Waals surface area contributed by atoms with Crippen molar-refractivity contribution in [3.8, 4) is 0 Å². The molecule has 2 unspecified atom stereocenters. The van der Waals surface area contributed by atoms with Gasteiger partial charge in [0, 0.05) is 32.4 Å². The molecule has 0 spiro atoms. The highest BCUT2D eigenvalue weighted by molar-refractivity contribution is 6.12. The van der Waals surface area contributed by atoms with Crippen LogP contribution in [0, 0.1) is 23.7 Å². The molecule has 2 heterocycles. The maximum absolute atomic E-state index is 15.0. The summed E-state index contributed by atoms with van der Waals surface area (Å²) in [6, 6.07) is 9.74. The molecule has 0 saturated carbocycles. The molecule has 2 saturated heterocycles. The van der Waals surface area contributed by atoms with Crippen LogP contribution in [0.3, 0.4) is 0 Å². The average molecular weight is 1140 g/mol. The summed E-state index contributed by atoms with van der Waals surface area (Å²) in [7, 11) is 0. The van der Waals surface area contributed by atoms with Gasteiger partial charge in [-0.05, 0) is 80.2 Å². The van der Waals surface area contributed by atoms with E-state index >= 15 is 8.78 Å². The van der Waals surface area contributed by atoms with Crippen LogP contribution in [0.25, 0.3) is 0 Å². The minimum absolute atomic E-state index is 0.0420. The summed E-state index contributed by atoms with van der Waals surface area (Å²) >= 11 is 0. The van der Waals surface area contributed by atoms with Crippen LogP contribution in [0.4, 0.5) is 17.6 Å². The number of amides is 6. The number of carbonyl (C=O) groups excluding carboxylic acids is 12.